The SMILES string of the molecule is CCCCCCCCCc1ccc(-c2ccc(C(=O)Oc3cc(F)c(C)c(F)c3)cc2)cc1. The molecule has 0 unspecified atom stereocenters. The second-order valence-electron chi connectivity index (χ2n) is 8.55. The molecule has 0 bridgehead atoms. The molecular formula is C29H32F2O2. The number of esters is 1. The van der Waals surface area contributed by atoms with Crippen LogP contribution in [0.1, 0.15) is 73.4 Å². The summed E-state index contributed by atoms with van der Waals surface area (Å²) in [7, 11) is 0. The minimum atomic E-state index is -0.747. The highest BCUT2D eigenvalue weighted by molar-refractivity contribution is 5.91. The standard InChI is InChI=1S/C29H32F2O2/c1-3-4-5-6-7-8-9-10-22-11-13-23(14-12-22)24-15-17-25(18-16-24)29(32)33-26-19-27(30)21(2)28(31)20-26/h11-20H,3-10H2,1-2H3. The van der Waals surface area contributed by atoms with Gasteiger partial charge in [-0.1, -0.05) is 81.8 Å². The highest BCUT2D eigenvalue weighted by Crippen LogP contribution is 2.23. The molecule has 0 spiro atoms. The zero-order chi connectivity index (χ0) is 23.6. The van der Waals surface area contributed by atoms with E-state index < -0.39 is 17.6 Å². The first kappa shape index (κ1) is 24.6. The van der Waals surface area contributed by atoms with Crippen LogP contribution in [0.2, 0.25) is 0 Å². The summed E-state index contributed by atoms with van der Waals surface area (Å²) in [5.41, 5.74) is 3.61. The lowest BCUT2D eigenvalue weighted by Gasteiger charge is -2.08. The van der Waals surface area contributed by atoms with Crippen LogP contribution in [0.4, 0.5) is 8.78 Å². The van der Waals surface area contributed by atoms with Gasteiger partial charge in [-0.2, -0.15) is 0 Å². The Kier molecular flexibility index (Phi) is 9.17. The van der Waals surface area contributed by atoms with Gasteiger partial charge in [-0.25, -0.2) is 13.6 Å². The molecule has 2 nitrogen and oxygen atoms in total. The summed E-state index contributed by atoms with van der Waals surface area (Å²) in [6, 6.07) is 17.6. The van der Waals surface area contributed by atoms with E-state index in [1.807, 2.05) is 12.1 Å². The van der Waals surface area contributed by atoms with Crippen molar-refractivity contribution in [1.82, 2.24) is 0 Å². The van der Waals surface area contributed by atoms with E-state index in [0.717, 1.165) is 29.7 Å². The maximum absolute atomic E-state index is 13.7. The largest absolute Gasteiger partial charge is 0.423 e. The zero-order valence-corrected chi connectivity index (χ0v) is 19.5. The minimum Gasteiger partial charge on any atom is -0.423 e. The number of carbonyl (C=O) groups is 1. The number of ether oxygens (including phenoxy) is 1. The van der Waals surface area contributed by atoms with Crippen molar-refractivity contribution in [2.75, 3.05) is 0 Å². The maximum Gasteiger partial charge on any atom is 0.343 e. The molecule has 174 valence electrons. The average molecular weight is 451 g/mol. The van der Waals surface area contributed by atoms with Gasteiger partial charge in [0.1, 0.15) is 17.4 Å². The van der Waals surface area contributed by atoms with E-state index in [1.165, 1.54) is 57.4 Å². The van der Waals surface area contributed by atoms with Gasteiger partial charge in [0.25, 0.3) is 0 Å². The second kappa shape index (κ2) is 12.3. The molecule has 0 aliphatic heterocycles. The molecule has 4 heteroatoms. The van der Waals surface area contributed by atoms with E-state index in [1.54, 1.807) is 12.1 Å². The monoisotopic (exact) mass is 450 g/mol. The number of benzene rings is 3. The van der Waals surface area contributed by atoms with Crippen LogP contribution in [0.3, 0.4) is 0 Å². The molecule has 0 radical (unpaired) electrons. The lowest BCUT2D eigenvalue weighted by molar-refractivity contribution is 0.0734. The molecule has 0 saturated carbocycles. The molecule has 0 fully saturated rings. The minimum absolute atomic E-state index is 0.104. The highest BCUT2D eigenvalue weighted by Gasteiger charge is 2.13. The van der Waals surface area contributed by atoms with Gasteiger partial charge in [-0.15, -0.1) is 0 Å². The summed E-state index contributed by atoms with van der Waals surface area (Å²) >= 11 is 0. The molecule has 0 amide bonds. The van der Waals surface area contributed by atoms with Gasteiger partial charge in [0.15, 0.2) is 0 Å². The number of rotatable bonds is 11. The third-order valence-electron chi connectivity index (χ3n) is 5.94. The van der Waals surface area contributed by atoms with Crippen LogP contribution in [0, 0.1) is 18.6 Å². The molecule has 0 N–H and O–H groups in total. The fourth-order valence-electron chi connectivity index (χ4n) is 3.80. The molecule has 33 heavy (non-hydrogen) atoms. The normalized spacial score (nSPS) is 10.9. The summed E-state index contributed by atoms with van der Waals surface area (Å²) in [6.45, 7) is 3.57. The van der Waals surface area contributed by atoms with Crippen LogP contribution in [0.5, 0.6) is 5.75 Å². The Morgan fingerprint density at radius 2 is 1.27 bits per heavy atom. The third-order valence-corrected chi connectivity index (χ3v) is 5.94. The van der Waals surface area contributed by atoms with Gasteiger partial charge in [0, 0.05) is 17.7 Å². The van der Waals surface area contributed by atoms with Crippen LogP contribution in [0.25, 0.3) is 11.1 Å². The first-order valence-corrected chi connectivity index (χ1v) is 11.8. The van der Waals surface area contributed by atoms with E-state index in [4.69, 9.17) is 4.74 Å². The first-order valence-electron chi connectivity index (χ1n) is 11.8. The van der Waals surface area contributed by atoms with Crippen LogP contribution in [-0.4, -0.2) is 5.97 Å². The molecule has 0 atom stereocenters. The fraction of sp³-hybridized carbons (Fsp3) is 0.345. The topological polar surface area (TPSA) is 26.3 Å². The van der Waals surface area contributed by atoms with Gasteiger partial charge in [-0.05, 0) is 48.6 Å². The van der Waals surface area contributed by atoms with E-state index in [-0.39, 0.29) is 11.3 Å². The Labute approximate surface area is 195 Å². The van der Waals surface area contributed by atoms with Gasteiger partial charge in [0.2, 0.25) is 0 Å². The molecule has 0 heterocycles. The Morgan fingerprint density at radius 1 is 0.758 bits per heavy atom. The summed E-state index contributed by atoms with van der Waals surface area (Å²) in [6.07, 6.45) is 10.2. The van der Waals surface area contributed by atoms with Crippen LogP contribution in [0.15, 0.2) is 60.7 Å². The Bertz CT molecular complexity index is 1020. The second-order valence-corrected chi connectivity index (χ2v) is 8.55. The van der Waals surface area contributed by atoms with E-state index in [2.05, 4.69) is 31.2 Å². The van der Waals surface area contributed by atoms with Crippen molar-refractivity contribution in [2.45, 2.75) is 65.2 Å². The number of halogens is 2. The number of hydrogen-bond acceptors (Lipinski definition) is 2. The van der Waals surface area contributed by atoms with Crippen molar-refractivity contribution in [3.63, 3.8) is 0 Å². The lowest BCUT2D eigenvalue weighted by atomic mass is 10.00. The quantitative estimate of drug-likeness (QED) is 0.166. The van der Waals surface area contributed by atoms with Crippen molar-refractivity contribution in [3.8, 4) is 16.9 Å². The van der Waals surface area contributed by atoms with Crippen LogP contribution >= 0.6 is 0 Å². The van der Waals surface area contributed by atoms with Gasteiger partial charge < -0.3 is 4.74 Å². The van der Waals surface area contributed by atoms with Crippen molar-refractivity contribution in [1.29, 1.82) is 0 Å². The average Bonchev–Trinajstić information content (AvgIpc) is 2.82. The number of carbonyl (C=O) groups excluding carboxylic acids is 1. The molecule has 3 aromatic rings. The Balaban J connectivity index is 1.52. The van der Waals surface area contributed by atoms with Gasteiger partial charge in [0.05, 0.1) is 5.56 Å². The Morgan fingerprint density at radius 3 is 1.85 bits per heavy atom. The van der Waals surface area contributed by atoms with E-state index in [9.17, 15) is 13.6 Å². The highest BCUT2D eigenvalue weighted by atomic mass is 19.1. The number of hydrogen-bond donors (Lipinski definition) is 0. The van der Waals surface area contributed by atoms with Crippen LogP contribution < -0.4 is 4.74 Å². The molecule has 0 aliphatic rings. The predicted molar refractivity (Wildman–Crippen MR) is 130 cm³/mol. The van der Waals surface area contributed by atoms with Crippen LogP contribution in [-0.2, 0) is 6.42 Å². The first-order chi connectivity index (χ1) is 16.0. The number of unbranched alkanes of at least 4 members (excludes halogenated alkanes) is 6. The predicted octanol–water partition coefficient (Wildman–Crippen LogP) is 8.45. The number of aryl methyl sites for hydroxylation is 1. The summed E-state index contributed by atoms with van der Waals surface area (Å²) < 4.78 is 32.5. The van der Waals surface area contributed by atoms with E-state index >= 15 is 0 Å². The van der Waals surface area contributed by atoms with E-state index in [0.29, 0.717) is 5.56 Å². The van der Waals surface area contributed by atoms with Crippen molar-refractivity contribution in [2.24, 2.45) is 0 Å². The van der Waals surface area contributed by atoms with Crippen molar-refractivity contribution >= 4 is 5.97 Å². The molecule has 3 aromatic carbocycles. The zero-order valence-electron chi connectivity index (χ0n) is 19.5. The molecule has 3 rings (SSSR count). The van der Waals surface area contributed by atoms with Gasteiger partial charge in [-0.3, -0.25) is 0 Å². The summed E-state index contributed by atoms with van der Waals surface area (Å²) in [5, 5.41) is 0. The molecule has 0 saturated heterocycles. The maximum atomic E-state index is 13.7. The van der Waals surface area contributed by atoms with Gasteiger partial charge >= 0.3 is 5.97 Å². The summed E-state index contributed by atoms with van der Waals surface area (Å²) in [4.78, 5) is 12.3. The smallest absolute Gasteiger partial charge is 0.343 e. The van der Waals surface area contributed by atoms with Crippen molar-refractivity contribution in [3.05, 3.63) is 89.0 Å². The lowest BCUT2D eigenvalue weighted by Crippen LogP contribution is -2.09. The van der Waals surface area contributed by atoms with Crippen molar-refractivity contribution < 1.29 is 18.3 Å². The fourth-order valence-corrected chi connectivity index (χ4v) is 3.80. The molecule has 0 aromatic heterocycles. The third kappa shape index (κ3) is 7.24. The Hall–Kier alpha value is -3.01. The molecular weight excluding hydrogens is 418 g/mol. The molecule has 0 aliphatic carbocycles. The summed E-state index contributed by atoms with van der Waals surface area (Å²) in [5.74, 6) is -2.30.